The first-order valence-corrected chi connectivity index (χ1v) is 7.91. The summed E-state index contributed by atoms with van der Waals surface area (Å²) >= 11 is 3.23. The number of methoxy groups -OCH3 is 1. The van der Waals surface area contributed by atoms with Gasteiger partial charge in [0.25, 0.3) is 0 Å². The number of pyridine rings is 1. The summed E-state index contributed by atoms with van der Waals surface area (Å²) in [6.45, 7) is 0.987. The Morgan fingerprint density at radius 2 is 2.06 bits per heavy atom. The van der Waals surface area contributed by atoms with Crippen molar-refractivity contribution in [2.75, 3.05) is 20.2 Å². The second-order valence-corrected chi connectivity index (χ2v) is 7.03. The minimum absolute atomic E-state index is 0.164. The van der Waals surface area contributed by atoms with Crippen LogP contribution in [0, 0.1) is 0 Å². The molecule has 2 rings (SSSR count). The van der Waals surface area contributed by atoms with Crippen LogP contribution in [0.5, 0.6) is 0 Å². The van der Waals surface area contributed by atoms with Crippen LogP contribution in [0.25, 0.3) is 0 Å². The monoisotopic (exact) mass is 334 g/mol. The summed E-state index contributed by atoms with van der Waals surface area (Å²) in [6, 6.07) is 1.57. The Labute approximate surface area is 115 Å². The molecule has 18 heavy (non-hydrogen) atoms. The number of piperidine rings is 1. The van der Waals surface area contributed by atoms with E-state index in [0.29, 0.717) is 17.6 Å². The van der Waals surface area contributed by atoms with E-state index in [4.69, 9.17) is 4.74 Å². The molecule has 1 saturated heterocycles. The molecule has 0 aromatic carbocycles. The number of sulfonamides is 1. The number of hydrogen-bond acceptors (Lipinski definition) is 4. The summed E-state index contributed by atoms with van der Waals surface area (Å²) in [4.78, 5) is 4.13. The van der Waals surface area contributed by atoms with E-state index in [9.17, 15) is 8.42 Å². The van der Waals surface area contributed by atoms with Gasteiger partial charge in [0, 0.05) is 37.1 Å². The molecule has 100 valence electrons. The number of ether oxygens (including phenoxy) is 1. The summed E-state index contributed by atoms with van der Waals surface area (Å²) < 4.78 is 32.1. The maximum Gasteiger partial charge on any atom is 0.244 e. The first kappa shape index (κ1) is 13.9. The molecule has 0 saturated carbocycles. The van der Waals surface area contributed by atoms with Crippen molar-refractivity contribution in [1.29, 1.82) is 0 Å². The van der Waals surface area contributed by atoms with Crippen LogP contribution in [0.2, 0.25) is 0 Å². The molecule has 1 aromatic rings. The van der Waals surface area contributed by atoms with E-state index < -0.39 is 10.0 Å². The molecule has 0 atom stereocenters. The zero-order valence-electron chi connectivity index (χ0n) is 10.0. The van der Waals surface area contributed by atoms with Crippen LogP contribution >= 0.6 is 15.9 Å². The molecule has 0 amide bonds. The minimum atomic E-state index is -3.43. The van der Waals surface area contributed by atoms with Crippen molar-refractivity contribution in [2.24, 2.45) is 0 Å². The molecule has 0 radical (unpaired) electrons. The largest absolute Gasteiger partial charge is 0.381 e. The van der Waals surface area contributed by atoms with Gasteiger partial charge >= 0.3 is 0 Å². The average molecular weight is 335 g/mol. The topological polar surface area (TPSA) is 59.5 Å². The molecule has 7 heteroatoms. The highest BCUT2D eigenvalue weighted by Gasteiger charge is 2.29. The summed E-state index contributed by atoms with van der Waals surface area (Å²) in [7, 11) is -1.77. The summed E-state index contributed by atoms with van der Waals surface area (Å²) in [5, 5.41) is 0. The van der Waals surface area contributed by atoms with Crippen molar-refractivity contribution in [3.8, 4) is 0 Å². The summed E-state index contributed by atoms with van der Waals surface area (Å²) in [6.07, 6.45) is 4.57. The van der Waals surface area contributed by atoms with Gasteiger partial charge in [0.2, 0.25) is 10.0 Å². The SMILES string of the molecule is COC1CCN(S(=O)(=O)c2cncc(Br)c2)CC1. The fourth-order valence-electron chi connectivity index (χ4n) is 1.99. The highest BCUT2D eigenvalue weighted by atomic mass is 79.9. The first-order valence-electron chi connectivity index (χ1n) is 5.67. The van der Waals surface area contributed by atoms with Gasteiger partial charge in [-0.3, -0.25) is 4.98 Å². The number of rotatable bonds is 3. The maximum atomic E-state index is 12.4. The van der Waals surface area contributed by atoms with Gasteiger partial charge in [-0.25, -0.2) is 8.42 Å². The fraction of sp³-hybridized carbons (Fsp3) is 0.545. The zero-order valence-corrected chi connectivity index (χ0v) is 12.4. The van der Waals surface area contributed by atoms with E-state index >= 15 is 0 Å². The van der Waals surface area contributed by atoms with Gasteiger partial charge in [-0.05, 0) is 34.8 Å². The van der Waals surface area contributed by atoms with E-state index in [2.05, 4.69) is 20.9 Å². The van der Waals surface area contributed by atoms with Crippen LogP contribution in [0.3, 0.4) is 0 Å². The molecular formula is C11H15BrN2O3S. The predicted molar refractivity (Wildman–Crippen MR) is 70.7 cm³/mol. The molecule has 2 heterocycles. The molecular weight excluding hydrogens is 320 g/mol. The van der Waals surface area contributed by atoms with Gasteiger partial charge < -0.3 is 4.74 Å². The number of halogens is 1. The van der Waals surface area contributed by atoms with Crippen molar-refractivity contribution in [1.82, 2.24) is 9.29 Å². The predicted octanol–water partition coefficient (Wildman–Crippen LogP) is 1.64. The molecule has 1 aliphatic rings. The Kier molecular flexibility index (Phi) is 4.37. The lowest BCUT2D eigenvalue weighted by molar-refractivity contribution is 0.0604. The van der Waals surface area contributed by atoms with Gasteiger partial charge in [0.15, 0.2) is 0 Å². The van der Waals surface area contributed by atoms with E-state index in [1.165, 1.54) is 10.5 Å². The first-order chi connectivity index (χ1) is 8.54. The van der Waals surface area contributed by atoms with Crippen LogP contribution in [-0.2, 0) is 14.8 Å². The normalized spacial score (nSPS) is 19.0. The van der Waals surface area contributed by atoms with Crippen molar-refractivity contribution >= 4 is 26.0 Å². The third-order valence-electron chi connectivity index (χ3n) is 3.05. The average Bonchev–Trinajstić information content (AvgIpc) is 2.39. The Morgan fingerprint density at radius 3 is 2.61 bits per heavy atom. The van der Waals surface area contributed by atoms with E-state index in [-0.39, 0.29) is 11.0 Å². The third kappa shape index (κ3) is 2.90. The smallest absolute Gasteiger partial charge is 0.244 e. The summed E-state index contributed by atoms with van der Waals surface area (Å²) in [5.41, 5.74) is 0. The highest BCUT2D eigenvalue weighted by molar-refractivity contribution is 9.10. The van der Waals surface area contributed by atoms with E-state index in [1.807, 2.05) is 0 Å². The Hall–Kier alpha value is -0.500. The van der Waals surface area contributed by atoms with Crippen LogP contribution < -0.4 is 0 Å². The van der Waals surface area contributed by atoms with Crippen LogP contribution in [-0.4, -0.2) is 44.0 Å². The fourth-order valence-corrected chi connectivity index (χ4v) is 3.97. The molecule has 0 N–H and O–H groups in total. The van der Waals surface area contributed by atoms with Crippen molar-refractivity contribution in [2.45, 2.75) is 23.8 Å². The quantitative estimate of drug-likeness (QED) is 0.843. The Morgan fingerprint density at radius 1 is 1.39 bits per heavy atom. The van der Waals surface area contributed by atoms with Gasteiger partial charge in [-0.2, -0.15) is 4.31 Å². The Balaban J connectivity index is 2.17. The second-order valence-electron chi connectivity index (χ2n) is 4.18. The van der Waals surface area contributed by atoms with Gasteiger partial charge in [0.05, 0.1) is 6.10 Å². The minimum Gasteiger partial charge on any atom is -0.381 e. The van der Waals surface area contributed by atoms with E-state index in [0.717, 1.165) is 12.8 Å². The molecule has 0 aliphatic carbocycles. The molecule has 0 unspecified atom stereocenters. The molecule has 1 aliphatic heterocycles. The lowest BCUT2D eigenvalue weighted by atomic mass is 10.1. The van der Waals surface area contributed by atoms with Gasteiger partial charge in [-0.15, -0.1) is 0 Å². The molecule has 1 fully saturated rings. The third-order valence-corrected chi connectivity index (χ3v) is 5.35. The molecule has 5 nitrogen and oxygen atoms in total. The number of nitrogens with zero attached hydrogens (tertiary/aromatic N) is 2. The number of hydrogen-bond donors (Lipinski definition) is 0. The highest BCUT2D eigenvalue weighted by Crippen LogP contribution is 2.22. The molecule has 0 bridgehead atoms. The van der Waals surface area contributed by atoms with Crippen molar-refractivity contribution in [3.63, 3.8) is 0 Å². The van der Waals surface area contributed by atoms with Gasteiger partial charge in [0.1, 0.15) is 4.90 Å². The van der Waals surface area contributed by atoms with E-state index in [1.54, 1.807) is 19.4 Å². The lowest BCUT2D eigenvalue weighted by Gasteiger charge is -2.30. The van der Waals surface area contributed by atoms with Crippen LogP contribution in [0.1, 0.15) is 12.8 Å². The number of aromatic nitrogens is 1. The lowest BCUT2D eigenvalue weighted by Crippen LogP contribution is -2.40. The van der Waals surface area contributed by atoms with Crippen LogP contribution in [0.4, 0.5) is 0 Å². The zero-order chi connectivity index (χ0) is 13.2. The second kappa shape index (κ2) is 5.64. The standard InChI is InChI=1S/C11H15BrN2O3S/c1-17-10-2-4-14(5-3-10)18(15,16)11-6-9(12)7-13-8-11/h6-8,10H,2-5H2,1H3. The molecule has 0 spiro atoms. The summed E-state index contributed by atoms with van der Waals surface area (Å²) in [5.74, 6) is 0. The van der Waals surface area contributed by atoms with Crippen molar-refractivity contribution in [3.05, 3.63) is 22.9 Å². The van der Waals surface area contributed by atoms with Crippen molar-refractivity contribution < 1.29 is 13.2 Å². The Bertz CT molecular complexity index is 513. The van der Waals surface area contributed by atoms with Gasteiger partial charge in [-0.1, -0.05) is 0 Å². The maximum absolute atomic E-state index is 12.4. The van der Waals surface area contributed by atoms with Crippen LogP contribution in [0.15, 0.2) is 27.8 Å². The molecule has 1 aromatic heterocycles.